The van der Waals surface area contributed by atoms with Gasteiger partial charge in [-0.2, -0.15) is 0 Å². The molecule has 13 heavy (non-hydrogen) atoms. The van der Waals surface area contributed by atoms with Crippen LogP contribution in [0.2, 0.25) is 0 Å². The summed E-state index contributed by atoms with van der Waals surface area (Å²) in [5, 5.41) is 3.29. The molecule has 1 heterocycles. The third kappa shape index (κ3) is 5.16. The highest BCUT2D eigenvalue weighted by molar-refractivity contribution is 4.69. The monoisotopic (exact) mass is 193 g/mol. The summed E-state index contributed by atoms with van der Waals surface area (Å²) < 4.78 is 28.3. The Labute approximate surface area is 77.6 Å². The molecular formula is C9H17F2NO. The Morgan fingerprint density at radius 1 is 1.31 bits per heavy atom. The van der Waals surface area contributed by atoms with E-state index in [4.69, 9.17) is 4.74 Å². The summed E-state index contributed by atoms with van der Waals surface area (Å²) in [6.45, 7) is 0.977. The molecule has 1 unspecified atom stereocenters. The van der Waals surface area contributed by atoms with Crippen LogP contribution in [0, 0.1) is 0 Å². The van der Waals surface area contributed by atoms with Gasteiger partial charge in [-0.1, -0.05) is 12.8 Å². The zero-order valence-electron chi connectivity index (χ0n) is 7.77. The molecule has 1 N–H and O–H groups in total. The predicted octanol–water partition coefficient (Wildman–Crippen LogP) is 1.80. The van der Waals surface area contributed by atoms with E-state index < -0.39 is 13.0 Å². The van der Waals surface area contributed by atoms with Crippen molar-refractivity contribution in [2.75, 3.05) is 19.8 Å². The van der Waals surface area contributed by atoms with Crippen molar-refractivity contribution < 1.29 is 13.5 Å². The van der Waals surface area contributed by atoms with Crippen molar-refractivity contribution in [2.45, 2.75) is 38.2 Å². The van der Waals surface area contributed by atoms with E-state index in [2.05, 4.69) is 5.32 Å². The Balaban J connectivity index is 2.05. The minimum atomic E-state index is -2.34. The van der Waals surface area contributed by atoms with Crippen molar-refractivity contribution in [1.29, 1.82) is 0 Å². The Bertz CT molecular complexity index is 125. The number of hydrogen-bond donors (Lipinski definition) is 1. The van der Waals surface area contributed by atoms with Gasteiger partial charge in [-0.3, -0.25) is 0 Å². The van der Waals surface area contributed by atoms with Gasteiger partial charge in [-0.25, -0.2) is 8.78 Å². The van der Waals surface area contributed by atoms with Gasteiger partial charge in [0.2, 0.25) is 0 Å². The molecule has 2 nitrogen and oxygen atoms in total. The largest absolute Gasteiger partial charge is 0.374 e. The summed E-state index contributed by atoms with van der Waals surface area (Å²) in [6, 6.07) is 0.279. The predicted molar refractivity (Wildman–Crippen MR) is 47.1 cm³/mol. The van der Waals surface area contributed by atoms with Crippen LogP contribution in [0.25, 0.3) is 0 Å². The maximum absolute atomic E-state index is 11.7. The number of ether oxygens (including phenoxy) is 1. The zero-order valence-corrected chi connectivity index (χ0v) is 7.77. The fourth-order valence-corrected chi connectivity index (χ4v) is 1.54. The quantitative estimate of drug-likeness (QED) is 0.735. The molecule has 0 spiro atoms. The third-order valence-electron chi connectivity index (χ3n) is 2.23. The molecule has 0 amide bonds. The van der Waals surface area contributed by atoms with E-state index in [0.29, 0.717) is 6.61 Å². The van der Waals surface area contributed by atoms with E-state index in [-0.39, 0.29) is 6.04 Å². The van der Waals surface area contributed by atoms with Crippen molar-refractivity contribution in [2.24, 2.45) is 0 Å². The highest BCUT2D eigenvalue weighted by Crippen LogP contribution is 2.08. The molecule has 1 aliphatic rings. The Kier molecular flexibility index (Phi) is 5.23. The van der Waals surface area contributed by atoms with Gasteiger partial charge < -0.3 is 10.1 Å². The molecular weight excluding hydrogens is 176 g/mol. The SMILES string of the molecule is FC(F)COCC1CCCCCN1. The molecule has 4 heteroatoms. The molecule has 0 aromatic heterocycles. The van der Waals surface area contributed by atoms with Gasteiger partial charge >= 0.3 is 0 Å². The second-order valence-electron chi connectivity index (χ2n) is 3.43. The van der Waals surface area contributed by atoms with Crippen LogP contribution in [0.1, 0.15) is 25.7 Å². The van der Waals surface area contributed by atoms with Crippen LogP contribution in [0.15, 0.2) is 0 Å². The van der Waals surface area contributed by atoms with Crippen molar-refractivity contribution in [3.05, 3.63) is 0 Å². The molecule has 78 valence electrons. The molecule has 0 radical (unpaired) electrons. The molecule has 0 bridgehead atoms. The molecule has 0 aromatic carbocycles. The lowest BCUT2D eigenvalue weighted by Gasteiger charge is -2.15. The van der Waals surface area contributed by atoms with Crippen LogP contribution in [-0.4, -0.2) is 32.2 Å². The lowest BCUT2D eigenvalue weighted by atomic mass is 10.1. The summed E-state index contributed by atoms with van der Waals surface area (Å²) >= 11 is 0. The highest BCUT2D eigenvalue weighted by atomic mass is 19.3. The van der Waals surface area contributed by atoms with E-state index in [0.717, 1.165) is 13.0 Å². The van der Waals surface area contributed by atoms with Gasteiger partial charge in [-0.15, -0.1) is 0 Å². The molecule has 1 rings (SSSR count). The van der Waals surface area contributed by atoms with Gasteiger partial charge in [0.15, 0.2) is 0 Å². The molecule has 1 atom stereocenters. The first-order chi connectivity index (χ1) is 6.29. The Hall–Kier alpha value is -0.220. The number of halogens is 2. The Morgan fingerprint density at radius 3 is 2.92 bits per heavy atom. The lowest BCUT2D eigenvalue weighted by Crippen LogP contribution is -2.33. The van der Waals surface area contributed by atoms with Crippen molar-refractivity contribution in [1.82, 2.24) is 5.32 Å². The molecule has 0 aromatic rings. The Morgan fingerprint density at radius 2 is 2.15 bits per heavy atom. The minimum absolute atomic E-state index is 0.279. The first kappa shape index (κ1) is 10.9. The minimum Gasteiger partial charge on any atom is -0.374 e. The van der Waals surface area contributed by atoms with E-state index in [1.807, 2.05) is 0 Å². The number of alkyl halides is 2. The first-order valence-corrected chi connectivity index (χ1v) is 4.88. The highest BCUT2D eigenvalue weighted by Gasteiger charge is 2.12. The van der Waals surface area contributed by atoms with Crippen molar-refractivity contribution >= 4 is 0 Å². The van der Waals surface area contributed by atoms with Gasteiger partial charge in [0.05, 0.1) is 6.61 Å². The van der Waals surface area contributed by atoms with Crippen LogP contribution in [0.4, 0.5) is 8.78 Å². The molecule has 1 saturated heterocycles. The topological polar surface area (TPSA) is 21.3 Å². The smallest absolute Gasteiger partial charge is 0.261 e. The number of rotatable bonds is 4. The van der Waals surface area contributed by atoms with Crippen LogP contribution in [0.5, 0.6) is 0 Å². The average molecular weight is 193 g/mol. The van der Waals surface area contributed by atoms with Crippen LogP contribution < -0.4 is 5.32 Å². The average Bonchev–Trinajstić information content (AvgIpc) is 2.32. The van der Waals surface area contributed by atoms with E-state index >= 15 is 0 Å². The number of nitrogens with one attached hydrogen (secondary N) is 1. The maximum Gasteiger partial charge on any atom is 0.261 e. The maximum atomic E-state index is 11.7. The van der Waals surface area contributed by atoms with Gasteiger partial charge in [0.1, 0.15) is 6.61 Å². The van der Waals surface area contributed by atoms with E-state index in [9.17, 15) is 8.78 Å². The van der Waals surface area contributed by atoms with Crippen LogP contribution >= 0.6 is 0 Å². The van der Waals surface area contributed by atoms with Gasteiger partial charge in [0.25, 0.3) is 6.43 Å². The fourth-order valence-electron chi connectivity index (χ4n) is 1.54. The summed E-state index contributed by atoms with van der Waals surface area (Å²) in [5.74, 6) is 0. The molecule has 1 aliphatic heterocycles. The van der Waals surface area contributed by atoms with Gasteiger partial charge in [-0.05, 0) is 19.4 Å². The van der Waals surface area contributed by atoms with Crippen LogP contribution in [0.3, 0.4) is 0 Å². The van der Waals surface area contributed by atoms with Gasteiger partial charge in [0, 0.05) is 6.04 Å². The van der Waals surface area contributed by atoms with Crippen molar-refractivity contribution in [3.63, 3.8) is 0 Å². The summed E-state index contributed by atoms with van der Waals surface area (Å²) in [5.41, 5.74) is 0. The lowest BCUT2D eigenvalue weighted by molar-refractivity contribution is 0.00912. The standard InChI is InChI=1S/C9H17F2NO/c10-9(11)7-13-6-8-4-2-1-3-5-12-8/h8-9,12H,1-7H2. The number of hydrogen-bond acceptors (Lipinski definition) is 2. The summed E-state index contributed by atoms with van der Waals surface area (Å²) in [4.78, 5) is 0. The third-order valence-corrected chi connectivity index (χ3v) is 2.23. The van der Waals surface area contributed by atoms with Crippen LogP contribution in [-0.2, 0) is 4.74 Å². The molecule has 1 fully saturated rings. The molecule has 0 aliphatic carbocycles. The normalized spacial score (nSPS) is 24.7. The molecule has 0 saturated carbocycles. The zero-order chi connectivity index (χ0) is 9.52. The first-order valence-electron chi connectivity index (χ1n) is 4.88. The van der Waals surface area contributed by atoms with E-state index in [1.54, 1.807) is 0 Å². The second kappa shape index (κ2) is 6.27. The fraction of sp³-hybridized carbons (Fsp3) is 1.00. The summed E-state index contributed by atoms with van der Waals surface area (Å²) in [6.07, 6.45) is 2.30. The second-order valence-corrected chi connectivity index (χ2v) is 3.43. The van der Waals surface area contributed by atoms with Crippen molar-refractivity contribution in [3.8, 4) is 0 Å². The van der Waals surface area contributed by atoms with E-state index in [1.165, 1.54) is 19.3 Å². The summed E-state index contributed by atoms with van der Waals surface area (Å²) in [7, 11) is 0.